The van der Waals surface area contributed by atoms with Crippen LogP contribution in [0.2, 0.25) is 0 Å². The Labute approximate surface area is 189 Å². The average molecular weight is 451 g/mol. The molecule has 2 unspecified atom stereocenters. The number of rotatable bonds is 7. The number of thioether (sulfide) groups is 1. The van der Waals surface area contributed by atoms with E-state index in [0.717, 1.165) is 28.3 Å². The van der Waals surface area contributed by atoms with Crippen molar-refractivity contribution in [3.05, 3.63) is 23.8 Å². The lowest BCUT2D eigenvalue weighted by Gasteiger charge is -2.37. The van der Waals surface area contributed by atoms with Crippen LogP contribution in [0.15, 0.2) is 23.1 Å². The van der Waals surface area contributed by atoms with E-state index < -0.39 is 11.7 Å². The van der Waals surface area contributed by atoms with Crippen LogP contribution in [-0.4, -0.2) is 67.2 Å². The van der Waals surface area contributed by atoms with Gasteiger partial charge in [-0.05, 0) is 52.0 Å². The van der Waals surface area contributed by atoms with Gasteiger partial charge in [0.1, 0.15) is 11.7 Å². The topological polar surface area (TPSA) is 71.6 Å². The summed E-state index contributed by atoms with van der Waals surface area (Å²) < 4.78 is 16.5. The van der Waals surface area contributed by atoms with E-state index in [1.54, 1.807) is 23.6 Å². The van der Waals surface area contributed by atoms with Crippen LogP contribution in [0.5, 0.6) is 0 Å². The minimum absolute atomic E-state index is 0.271. The number of epoxide rings is 1. The lowest BCUT2D eigenvalue weighted by atomic mass is 10.1. The van der Waals surface area contributed by atoms with E-state index in [1.165, 1.54) is 0 Å². The number of nitrogens with zero attached hydrogens (tertiary/aromatic N) is 2. The van der Waals surface area contributed by atoms with Gasteiger partial charge in [-0.25, -0.2) is 9.59 Å². The van der Waals surface area contributed by atoms with Gasteiger partial charge >= 0.3 is 12.1 Å². The van der Waals surface area contributed by atoms with Crippen LogP contribution in [0, 0.1) is 0 Å². The lowest BCUT2D eigenvalue weighted by molar-refractivity contribution is -0.144. The van der Waals surface area contributed by atoms with Crippen molar-refractivity contribution in [2.24, 2.45) is 0 Å². The molecule has 7 nitrogen and oxygen atoms in total. The van der Waals surface area contributed by atoms with Crippen molar-refractivity contribution in [2.45, 2.75) is 63.7 Å². The minimum Gasteiger partial charge on any atom is -0.464 e. The van der Waals surface area contributed by atoms with Crippen molar-refractivity contribution in [2.75, 3.05) is 43.4 Å². The molecule has 1 aromatic rings. The molecule has 0 saturated carbocycles. The number of carbonyl (C=O) groups excluding carboxylic acids is 2. The Morgan fingerprint density at radius 2 is 1.87 bits per heavy atom. The molecule has 0 spiro atoms. The smallest absolute Gasteiger partial charge is 0.410 e. The van der Waals surface area contributed by atoms with E-state index in [-0.39, 0.29) is 18.2 Å². The minimum atomic E-state index is -0.537. The monoisotopic (exact) mass is 450 g/mol. The predicted molar refractivity (Wildman–Crippen MR) is 122 cm³/mol. The summed E-state index contributed by atoms with van der Waals surface area (Å²) in [6, 6.07) is 6.23. The first kappa shape index (κ1) is 23.7. The molecule has 0 N–H and O–H groups in total. The Balaban J connectivity index is 1.76. The molecule has 31 heavy (non-hydrogen) atoms. The number of benzene rings is 1. The third kappa shape index (κ3) is 6.07. The summed E-state index contributed by atoms with van der Waals surface area (Å²) in [5.74, 6) is 0.697. The molecule has 0 aliphatic carbocycles. The average Bonchev–Trinajstić information content (AvgIpc) is 3.51. The fraction of sp³-hybridized carbons (Fsp3) is 0.652. The van der Waals surface area contributed by atoms with Crippen molar-refractivity contribution in [3.63, 3.8) is 0 Å². The van der Waals surface area contributed by atoms with Crippen molar-refractivity contribution in [1.29, 1.82) is 0 Å². The van der Waals surface area contributed by atoms with Crippen LogP contribution in [-0.2, 0) is 19.0 Å². The van der Waals surface area contributed by atoms with Gasteiger partial charge < -0.3 is 24.0 Å². The summed E-state index contributed by atoms with van der Waals surface area (Å²) in [6.07, 6.45) is -0.0217. The molecule has 3 rings (SSSR count). The van der Waals surface area contributed by atoms with Crippen LogP contribution < -0.4 is 4.90 Å². The van der Waals surface area contributed by atoms with Gasteiger partial charge in [-0.15, -0.1) is 11.8 Å². The third-order valence-corrected chi connectivity index (χ3v) is 6.35. The van der Waals surface area contributed by atoms with Gasteiger partial charge in [0.2, 0.25) is 0 Å². The molecule has 2 fully saturated rings. The number of hydrogen-bond donors (Lipinski definition) is 0. The highest BCUT2D eigenvalue weighted by Gasteiger charge is 2.50. The second-order valence-corrected chi connectivity index (χ2v) is 9.86. The fourth-order valence-corrected chi connectivity index (χ4v) is 4.60. The summed E-state index contributed by atoms with van der Waals surface area (Å²) in [5.41, 5.74) is 1.63. The molecule has 0 bridgehead atoms. The summed E-state index contributed by atoms with van der Waals surface area (Å²) >= 11 is 1.79. The number of carbonyl (C=O) groups is 2. The second-order valence-electron chi connectivity index (χ2n) is 8.72. The van der Waals surface area contributed by atoms with E-state index in [4.69, 9.17) is 14.2 Å². The van der Waals surface area contributed by atoms with Crippen molar-refractivity contribution in [1.82, 2.24) is 4.90 Å². The van der Waals surface area contributed by atoms with Crippen LogP contribution >= 0.6 is 11.8 Å². The number of piperazine rings is 1. The van der Waals surface area contributed by atoms with Gasteiger partial charge in [0.25, 0.3) is 0 Å². The van der Waals surface area contributed by atoms with E-state index in [1.807, 2.05) is 20.8 Å². The standard InChI is InChI=1S/C23H34N2O5S/c1-6-15-31-17-10-8-9-16(18(17)19-20(29-19)21(26)28-7-2)24-11-13-25(14-12-24)22(27)30-23(3,4)5/h8-10,19-20H,6-7,11-15H2,1-5H3. The molecule has 2 saturated heterocycles. The first-order valence-electron chi connectivity index (χ1n) is 11.1. The Morgan fingerprint density at radius 3 is 2.48 bits per heavy atom. The zero-order chi connectivity index (χ0) is 22.6. The van der Waals surface area contributed by atoms with Crippen LogP contribution in [0.25, 0.3) is 0 Å². The molecule has 2 aliphatic rings. The fourth-order valence-electron chi connectivity index (χ4n) is 3.62. The molecule has 2 atom stereocenters. The molecular weight excluding hydrogens is 416 g/mol. The first-order chi connectivity index (χ1) is 14.7. The highest BCUT2D eigenvalue weighted by Crippen LogP contribution is 2.48. The van der Waals surface area contributed by atoms with Crippen molar-refractivity contribution >= 4 is 29.5 Å². The van der Waals surface area contributed by atoms with E-state index in [2.05, 4.69) is 30.0 Å². The quantitative estimate of drug-likeness (QED) is 0.349. The van der Waals surface area contributed by atoms with Crippen LogP contribution in [0.1, 0.15) is 52.7 Å². The highest BCUT2D eigenvalue weighted by molar-refractivity contribution is 7.99. The van der Waals surface area contributed by atoms with E-state index >= 15 is 0 Å². The summed E-state index contributed by atoms with van der Waals surface area (Å²) in [6.45, 7) is 12.5. The molecule has 8 heteroatoms. The van der Waals surface area contributed by atoms with Gasteiger partial charge in [-0.3, -0.25) is 0 Å². The Morgan fingerprint density at radius 1 is 1.16 bits per heavy atom. The van der Waals surface area contributed by atoms with Gasteiger partial charge in [0.05, 0.1) is 6.61 Å². The molecule has 1 amide bonds. The Bertz CT molecular complexity index is 787. The number of ether oxygens (including phenoxy) is 3. The van der Waals surface area contributed by atoms with Gasteiger partial charge in [-0.2, -0.15) is 0 Å². The lowest BCUT2D eigenvalue weighted by Crippen LogP contribution is -2.50. The predicted octanol–water partition coefficient (Wildman–Crippen LogP) is 4.25. The van der Waals surface area contributed by atoms with Gasteiger partial charge in [0, 0.05) is 42.3 Å². The maximum absolute atomic E-state index is 12.4. The maximum atomic E-state index is 12.4. The highest BCUT2D eigenvalue weighted by atomic mass is 32.2. The Hall–Kier alpha value is -1.93. The largest absolute Gasteiger partial charge is 0.464 e. The molecular formula is C23H34N2O5S. The first-order valence-corrected chi connectivity index (χ1v) is 12.0. The number of amides is 1. The molecule has 0 aromatic heterocycles. The summed E-state index contributed by atoms with van der Waals surface area (Å²) in [7, 11) is 0. The van der Waals surface area contributed by atoms with Crippen molar-refractivity contribution < 1.29 is 23.8 Å². The van der Waals surface area contributed by atoms with Crippen LogP contribution in [0.3, 0.4) is 0 Å². The molecule has 1 aromatic carbocycles. The second kappa shape index (κ2) is 10.1. The molecule has 172 valence electrons. The number of esters is 1. The number of anilines is 1. The van der Waals surface area contributed by atoms with E-state index in [0.29, 0.717) is 32.8 Å². The summed E-state index contributed by atoms with van der Waals surface area (Å²) in [5, 5.41) is 0. The SMILES string of the molecule is CCCSc1cccc(N2CCN(C(=O)OC(C)(C)C)CC2)c1C1OC1C(=O)OCC. The molecule has 0 radical (unpaired) electrons. The summed E-state index contributed by atoms with van der Waals surface area (Å²) in [4.78, 5) is 29.8. The van der Waals surface area contributed by atoms with Crippen LogP contribution in [0.4, 0.5) is 10.5 Å². The molecule has 2 heterocycles. The Kier molecular flexibility index (Phi) is 7.75. The third-order valence-electron chi connectivity index (χ3n) is 5.07. The van der Waals surface area contributed by atoms with E-state index in [9.17, 15) is 9.59 Å². The normalized spacial score (nSPS) is 21.1. The maximum Gasteiger partial charge on any atom is 0.410 e. The van der Waals surface area contributed by atoms with Gasteiger partial charge in [-0.1, -0.05) is 13.0 Å². The zero-order valence-corrected chi connectivity index (χ0v) is 20.0. The number of hydrogen-bond acceptors (Lipinski definition) is 7. The zero-order valence-electron chi connectivity index (χ0n) is 19.2. The van der Waals surface area contributed by atoms with Crippen molar-refractivity contribution in [3.8, 4) is 0 Å². The van der Waals surface area contributed by atoms with Gasteiger partial charge in [0.15, 0.2) is 6.10 Å². The molecule has 2 aliphatic heterocycles.